The van der Waals surface area contributed by atoms with E-state index in [2.05, 4.69) is 11.9 Å². The minimum Gasteiger partial charge on any atom is -0.341 e. The third-order valence-corrected chi connectivity index (χ3v) is 7.75. The standard InChI is InChI=1S/C19H25N3O4S2/c1-3-4-10-22-18(24)15-7-5-6-8-16(15)20-19(22)27-12-17(23)21(2)14-9-11-28(25,26)13-14/h5-8,14H,3-4,9-13H2,1-2H3/t14-/m0/s1. The van der Waals surface area contributed by atoms with Gasteiger partial charge < -0.3 is 4.90 Å². The Morgan fingerprint density at radius 3 is 2.79 bits per heavy atom. The molecule has 152 valence electrons. The number of nitrogens with zero attached hydrogens (tertiary/aromatic N) is 3. The molecule has 9 heteroatoms. The van der Waals surface area contributed by atoms with E-state index in [-0.39, 0.29) is 34.8 Å². The average Bonchev–Trinajstić information content (AvgIpc) is 3.04. The summed E-state index contributed by atoms with van der Waals surface area (Å²) < 4.78 is 25.0. The number of amides is 1. The Morgan fingerprint density at radius 2 is 2.11 bits per heavy atom. The number of aromatic nitrogens is 2. The second-order valence-corrected chi connectivity index (χ2v) is 10.2. The fourth-order valence-corrected chi connectivity index (χ4v) is 6.01. The molecule has 0 radical (unpaired) electrons. The molecule has 0 unspecified atom stereocenters. The smallest absolute Gasteiger partial charge is 0.262 e. The van der Waals surface area contributed by atoms with Crippen LogP contribution in [-0.4, -0.2) is 59.1 Å². The molecule has 1 aliphatic rings. The topological polar surface area (TPSA) is 89.3 Å². The molecule has 2 aromatic rings. The van der Waals surface area contributed by atoms with E-state index in [1.165, 1.54) is 16.7 Å². The van der Waals surface area contributed by atoms with Crippen LogP contribution in [0.15, 0.2) is 34.2 Å². The van der Waals surface area contributed by atoms with E-state index >= 15 is 0 Å². The van der Waals surface area contributed by atoms with Crippen LogP contribution in [0.4, 0.5) is 0 Å². The fraction of sp³-hybridized carbons (Fsp3) is 0.526. The van der Waals surface area contributed by atoms with Crippen molar-refractivity contribution in [1.29, 1.82) is 0 Å². The molecule has 1 saturated heterocycles. The molecule has 7 nitrogen and oxygen atoms in total. The lowest BCUT2D eigenvalue weighted by Gasteiger charge is -2.23. The highest BCUT2D eigenvalue weighted by Gasteiger charge is 2.32. The van der Waals surface area contributed by atoms with Crippen LogP contribution in [0.5, 0.6) is 0 Å². The van der Waals surface area contributed by atoms with E-state index in [1.54, 1.807) is 23.7 Å². The van der Waals surface area contributed by atoms with Crippen molar-refractivity contribution < 1.29 is 13.2 Å². The Kier molecular flexibility index (Phi) is 6.44. The van der Waals surface area contributed by atoms with Crippen molar-refractivity contribution in [3.63, 3.8) is 0 Å². The number of sulfone groups is 1. The third-order valence-electron chi connectivity index (χ3n) is 5.04. The molecule has 1 atom stereocenters. The molecular weight excluding hydrogens is 398 g/mol. The van der Waals surface area contributed by atoms with Gasteiger partial charge in [-0.25, -0.2) is 13.4 Å². The van der Waals surface area contributed by atoms with Gasteiger partial charge >= 0.3 is 0 Å². The van der Waals surface area contributed by atoms with Crippen LogP contribution in [0.3, 0.4) is 0 Å². The normalized spacial score (nSPS) is 18.4. The number of unbranched alkanes of at least 4 members (excludes halogenated alkanes) is 1. The minimum atomic E-state index is -3.05. The molecule has 1 aromatic carbocycles. The van der Waals surface area contributed by atoms with Gasteiger partial charge in [0.05, 0.1) is 28.2 Å². The summed E-state index contributed by atoms with van der Waals surface area (Å²) in [6.45, 7) is 2.61. The molecule has 0 aliphatic carbocycles. The van der Waals surface area contributed by atoms with Crippen molar-refractivity contribution in [2.45, 2.75) is 43.9 Å². The molecule has 0 saturated carbocycles. The van der Waals surface area contributed by atoms with Gasteiger partial charge in [-0.05, 0) is 25.0 Å². The van der Waals surface area contributed by atoms with Crippen molar-refractivity contribution in [3.8, 4) is 0 Å². The molecule has 1 amide bonds. The van der Waals surface area contributed by atoms with Crippen molar-refractivity contribution in [3.05, 3.63) is 34.6 Å². The number of hydrogen-bond donors (Lipinski definition) is 0. The summed E-state index contributed by atoms with van der Waals surface area (Å²) in [6, 6.07) is 6.93. The molecule has 0 bridgehead atoms. The maximum Gasteiger partial charge on any atom is 0.262 e. The Hall–Kier alpha value is -1.87. The van der Waals surface area contributed by atoms with E-state index in [1.807, 2.05) is 12.1 Å². The molecule has 0 spiro atoms. The number of carbonyl (C=O) groups is 1. The summed E-state index contributed by atoms with van der Waals surface area (Å²) in [4.78, 5) is 31.6. The number of carbonyl (C=O) groups excluding carboxylic acids is 1. The van der Waals surface area contributed by atoms with E-state index in [0.717, 1.165) is 12.8 Å². The largest absolute Gasteiger partial charge is 0.341 e. The number of benzene rings is 1. The Bertz CT molecular complexity index is 1030. The quantitative estimate of drug-likeness (QED) is 0.499. The number of hydrogen-bond acceptors (Lipinski definition) is 6. The van der Waals surface area contributed by atoms with Crippen LogP contribution in [0.1, 0.15) is 26.2 Å². The predicted molar refractivity (Wildman–Crippen MR) is 111 cm³/mol. The van der Waals surface area contributed by atoms with E-state index < -0.39 is 9.84 Å². The van der Waals surface area contributed by atoms with Gasteiger partial charge in [0.1, 0.15) is 0 Å². The van der Waals surface area contributed by atoms with Crippen LogP contribution >= 0.6 is 11.8 Å². The fourth-order valence-electron chi connectivity index (χ4n) is 3.28. The lowest BCUT2D eigenvalue weighted by molar-refractivity contribution is -0.128. The monoisotopic (exact) mass is 423 g/mol. The summed E-state index contributed by atoms with van der Waals surface area (Å²) in [5.41, 5.74) is 0.523. The van der Waals surface area contributed by atoms with Crippen molar-refractivity contribution >= 4 is 38.4 Å². The van der Waals surface area contributed by atoms with Gasteiger partial charge in [0.25, 0.3) is 5.56 Å². The Labute approximate surface area is 169 Å². The van der Waals surface area contributed by atoms with Gasteiger partial charge in [-0.3, -0.25) is 14.2 Å². The van der Waals surface area contributed by atoms with Crippen LogP contribution in [-0.2, 0) is 21.2 Å². The van der Waals surface area contributed by atoms with Crippen molar-refractivity contribution in [1.82, 2.24) is 14.5 Å². The zero-order chi connectivity index (χ0) is 20.3. The molecule has 3 rings (SSSR count). The molecule has 28 heavy (non-hydrogen) atoms. The summed E-state index contributed by atoms with van der Waals surface area (Å²) in [7, 11) is -1.40. The molecule has 2 heterocycles. The van der Waals surface area contributed by atoms with Crippen LogP contribution in [0.2, 0.25) is 0 Å². The highest BCUT2D eigenvalue weighted by Crippen LogP contribution is 2.21. The zero-order valence-corrected chi connectivity index (χ0v) is 17.8. The third kappa shape index (κ3) is 4.57. The first-order valence-electron chi connectivity index (χ1n) is 9.41. The first-order valence-corrected chi connectivity index (χ1v) is 12.2. The first kappa shape index (κ1) is 20.9. The maximum atomic E-state index is 12.9. The second-order valence-electron chi connectivity index (χ2n) is 7.07. The highest BCUT2D eigenvalue weighted by molar-refractivity contribution is 7.99. The molecule has 1 aliphatic heterocycles. The maximum absolute atomic E-state index is 12.9. The molecule has 1 fully saturated rings. The lowest BCUT2D eigenvalue weighted by Crippen LogP contribution is -2.39. The SMILES string of the molecule is CCCCn1c(SCC(=O)N(C)[C@H]2CCS(=O)(=O)C2)nc2ccccc2c1=O. The van der Waals surface area contributed by atoms with Crippen LogP contribution in [0, 0.1) is 0 Å². The average molecular weight is 424 g/mol. The van der Waals surface area contributed by atoms with Gasteiger partial charge in [-0.15, -0.1) is 0 Å². The predicted octanol–water partition coefficient (Wildman–Crippen LogP) is 1.93. The van der Waals surface area contributed by atoms with E-state index in [4.69, 9.17) is 0 Å². The van der Waals surface area contributed by atoms with Gasteiger partial charge in [-0.2, -0.15) is 0 Å². The summed E-state index contributed by atoms with van der Waals surface area (Å²) >= 11 is 1.23. The lowest BCUT2D eigenvalue weighted by atomic mass is 10.2. The van der Waals surface area contributed by atoms with E-state index in [0.29, 0.717) is 29.0 Å². The van der Waals surface area contributed by atoms with E-state index in [9.17, 15) is 18.0 Å². The number of para-hydroxylation sites is 1. The Balaban J connectivity index is 1.79. The Morgan fingerprint density at radius 1 is 1.36 bits per heavy atom. The second kappa shape index (κ2) is 8.65. The van der Waals surface area contributed by atoms with Crippen LogP contribution in [0.25, 0.3) is 10.9 Å². The van der Waals surface area contributed by atoms with Crippen LogP contribution < -0.4 is 5.56 Å². The summed E-state index contributed by atoms with van der Waals surface area (Å²) in [5, 5.41) is 1.10. The summed E-state index contributed by atoms with van der Waals surface area (Å²) in [5.74, 6) is 0.112. The molecule has 1 aromatic heterocycles. The number of rotatable bonds is 7. The highest BCUT2D eigenvalue weighted by atomic mass is 32.2. The van der Waals surface area contributed by atoms with Gasteiger partial charge in [0.2, 0.25) is 5.91 Å². The summed E-state index contributed by atoms with van der Waals surface area (Å²) in [6.07, 6.45) is 2.27. The number of thioether (sulfide) groups is 1. The number of fused-ring (bicyclic) bond motifs is 1. The molecular formula is C19H25N3O4S2. The van der Waals surface area contributed by atoms with Gasteiger partial charge in [0.15, 0.2) is 15.0 Å². The first-order chi connectivity index (χ1) is 13.3. The van der Waals surface area contributed by atoms with Crippen molar-refractivity contribution in [2.24, 2.45) is 0 Å². The molecule has 0 N–H and O–H groups in total. The minimum absolute atomic E-state index is 0.0232. The van der Waals surface area contributed by atoms with Crippen molar-refractivity contribution in [2.75, 3.05) is 24.3 Å². The zero-order valence-electron chi connectivity index (χ0n) is 16.1. The van der Waals surface area contributed by atoms with Gasteiger partial charge in [-0.1, -0.05) is 37.2 Å². The van der Waals surface area contributed by atoms with Gasteiger partial charge in [0, 0.05) is 19.6 Å².